The van der Waals surface area contributed by atoms with Gasteiger partial charge in [-0.1, -0.05) is 30.3 Å². The monoisotopic (exact) mass is 343 g/mol. The van der Waals surface area contributed by atoms with Crippen molar-refractivity contribution >= 4 is 5.97 Å². The van der Waals surface area contributed by atoms with Crippen molar-refractivity contribution in [2.45, 2.75) is 33.0 Å². The second-order valence-electron chi connectivity index (χ2n) is 6.03. The minimum absolute atomic E-state index is 0.210. The van der Waals surface area contributed by atoms with E-state index in [1.807, 2.05) is 30.3 Å². The number of benzene rings is 1. The molecule has 0 aliphatic carbocycles. The van der Waals surface area contributed by atoms with Crippen LogP contribution in [0, 0.1) is 0 Å². The smallest absolute Gasteiger partial charge is 0.329 e. The zero-order valence-electron chi connectivity index (χ0n) is 14.2. The van der Waals surface area contributed by atoms with Gasteiger partial charge in [0.2, 0.25) is 0 Å². The Labute approximate surface area is 144 Å². The highest BCUT2D eigenvalue weighted by Crippen LogP contribution is 2.15. The number of aromatic nitrogens is 2. The minimum atomic E-state index is -0.591. The van der Waals surface area contributed by atoms with Gasteiger partial charge in [-0.3, -0.25) is 14.5 Å². The number of nitrogens with zero attached hydrogens (tertiary/aromatic N) is 2. The quantitative estimate of drug-likeness (QED) is 0.806. The lowest BCUT2D eigenvalue weighted by molar-refractivity contribution is -0.143. The van der Waals surface area contributed by atoms with Crippen LogP contribution in [-0.2, 0) is 35.6 Å². The Hall–Kier alpha value is -2.67. The highest BCUT2D eigenvalue weighted by Gasteiger charge is 2.23. The average Bonchev–Trinajstić information content (AvgIpc) is 2.60. The molecule has 0 radical (unpaired) electrons. The first-order valence-electron chi connectivity index (χ1n) is 8.35. The third kappa shape index (κ3) is 3.88. The van der Waals surface area contributed by atoms with Crippen LogP contribution in [-0.4, -0.2) is 33.6 Å². The number of carbonyl (C=O) groups is 1. The van der Waals surface area contributed by atoms with Gasteiger partial charge < -0.3 is 9.72 Å². The van der Waals surface area contributed by atoms with E-state index in [4.69, 9.17) is 4.74 Å². The van der Waals surface area contributed by atoms with E-state index in [2.05, 4.69) is 9.88 Å². The standard InChI is InChI=1S/C18H21N3O4/c1-2-25-16(22)12-21-17(23)14-11-20(9-8-15(14)19-18(21)24)10-13-6-4-3-5-7-13/h3-7H,2,8-12H2,1H3,(H,19,24). The molecule has 25 heavy (non-hydrogen) atoms. The van der Waals surface area contributed by atoms with E-state index >= 15 is 0 Å². The van der Waals surface area contributed by atoms with Crippen molar-refractivity contribution in [2.24, 2.45) is 0 Å². The van der Waals surface area contributed by atoms with E-state index in [-0.39, 0.29) is 13.2 Å². The Morgan fingerprint density at radius 1 is 1.24 bits per heavy atom. The number of aromatic amines is 1. The molecule has 0 saturated heterocycles. The fourth-order valence-electron chi connectivity index (χ4n) is 3.06. The molecule has 1 aliphatic rings. The summed E-state index contributed by atoms with van der Waals surface area (Å²) in [6, 6.07) is 10.0. The summed E-state index contributed by atoms with van der Waals surface area (Å²) >= 11 is 0. The molecule has 2 aromatic rings. The van der Waals surface area contributed by atoms with E-state index in [0.717, 1.165) is 17.7 Å². The van der Waals surface area contributed by atoms with Crippen LogP contribution in [0.2, 0.25) is 0 Å². The summed E-state index contributed by atoms with van der Waals surface area (Å²) in [5.74, 6) is -0.591. The Morgan fingerprint density at radius 2 is 2.00 bits per heavy atom. The molecule has 3 rings (SSSR count). The Balaban J connectivity index is 1.84. The topological polar surface area (TPSA) is 84.4 Å². The van der Waals surface area contributed by atoms with Gasteiger partial charge in [0.25, 0.3) is 5.56 Å². The van der Waals surface area contributed by atoms with Gasteiger partial charge in [-0.2, -0.15) is 0 Å². The Kier molecular flexibility index (Phi) is 5.14. The lowest BCUT2D eigenvalue weighted by atomic mass is 10.1. The molecule has 2 heterocycles. The second kappa shape index (κ2) is 7.48. The number of H-pyrrole nitrogens is 1. The third-order valence-corrected chi connectivity index (χ3v) is 4.27. The first kappa shape index (κ1) is 17.2. The van der Waals surface area contributed by atoms with E-state index in [1.165, 1.54) is 5.56 Å². The lowest BCUT2D eigenvalue weighted by Gasteiger charge is -2.28. The van der Waals surface area contributed by atoms with Crippen molar-refractivity contribution in [1.29, 1.82) is 0 Å². The molecule has 0 amide bonds. The van der Waals surface area contributed by atoms with Crippen molar-refractivity contribution in [1.82, 2.24) is 14.5 Å². The molecule has 0 atom stereocenters. The minimum Gasteiger partial charge on any atom is -0.465 e. The van der Waals surface area contributed by atoms with Crippen molar-refractivity contribution in [3.8, 4) is 0 Å². The van der Waals surface area contributed by atoms with Crippen LogP contribution in [0.3, 0.4) is 0 Å². The zero-order chi connectivity index (χ0) is 17.8. The number of carbonyl (C=O) groups excluding carboxylic acids is 1. The van der Waals surface area contributed by atoms with Gasteiger partial charge in [-0.15, -0.1) is 0 Å². The first-order valence-corrected chi connectivity index (χ1v) is 8.35. The molecule has 7 nitrogen and oxygen atoms in total. The highest BCUT2D eigenvalue weighted by atomic mass is 16.5. The van der Waals surface area contributed by atoms with Gasteiger partial charge in [0.15, 0.2) is 0 Å². The van der Waals surface area contributed by atoms with Gasteiger partial charge >= 0.3 is 11.7 Å². The summed E-state index contributed by atoms with van der Waals surface area (Å²) in [7, 11) is 0. The van der Waals surface area contributed by atoms with Crippen LogP contribution in [0.1, 0.15) is 23.7 Å². The third-order valence-electron chi connectivity index (χ3n) is 4.27. The predicted octanol–water partition coefficient (Wildman–Crippen LogP) is 0.658. The van der Waals surface area contributed by atoms with Crippen LogP contribution in [0.25, 0.3) is 0 Å². The van der Waals surface area contributed by atoms with E-state index in [9.17, 15) is 14.4 Å². The number of hydrogen-bond donors (Lipinski definition) is 1. The molecule has 1 aromatic carbocycles. The van der Waals surface area contributed by atoms with E-state index in [1.54, 1.807) is 6.92 Å². The number of rotatable bonds is 5. The average molecular weight is 343 g/mol. The Morgan fingerprint density at radius 3 is 2.72 bits per heavy atom. The number of hydrogen-bond acceptors (Lipinski definition) is 5. The first-order chi connectivity index (χ1) is 12.1. The van der Waals surface area contributed by atoms with E-state index < -0.39 is 17.2 Å². The van der Waals surface area contributed by atoms with Crippen molar-refractivity contribution in [2.75, 3.05) is 13.2 Å². The molecule has 7 heteroatoms. The fourth-order valence-corrected chi connectivity index (χ4v) is 3.06. The normalized spacial score (nSPS) is 14.1. The molecule has 1 aromatic heterocycles. The highest BCUT2D eigenvalue weighted by molar-refractivity contribution is 5.69. The second-order valence-corrected chi connectivity index (χ2v) is 6.03. The summed E-state index contributed by atoms with van der Waals surface area (Å²) < 4.78 is 5.76. The van der Waals surface area contributed by atoms with Gasteiger partial charge in [0.05, 0.1) is 12.2 Å². The molecule has 1 aliphatic heterocycles. The molecular weight excluding hydrogens is 322 g/mol. The van der Waals surface area contributed by atoms with Crippen molar-refractivity contribution in [3.63, 3.8) is 0 Å². The maximum Gasteiger partial charge on any atom is 0.329 e. The summed E-state index contributed by atoms with van der Waals surface area (Å²) in [6.45, 7) is 3.47. The predicted molar refractivity (Wildman–Crippen MR) is 92.2 cm³/mol. The van der Waals surface area contributed by atoms with E-state index in [0.29, 0.717) is 24.2 Å². The number of esters is 1. The van der Waals surface area contributed by atoms with Gasteiger partial charge in [-0.25, -0.2) is 9.36 Å². The number of fused-ring (bicyclic) bond motifs is 1. The van der Waals surface area contributed by atoms with Crippen LogP contribution < -0.4 is 11.2 Å². The maximum absolute atomic E-state index is 12.7. The van der Waals surface area contributed by atoms with Crippen molar-refractivity contribution < 1.29 is 9.53 Å². The largest absolute Gasteiger partial charge is 0.465 e. The van der Waals surface area contributed by atoms with Gasteiger partial charge in [0.1, 0.15) is 6.54 Å². The maximum atomic E-state index is 12.7. The molecule has 0 fully saturated rings. The summed E-state index contributed by atoms with van der Waals surface area (Å²) in [5.41, 5.74) is 1.41. The van der Waals surface area contributed by atoms with Crippen molar-refractivity contribution in [3.05, 3.63) is 68.0 Å². The summed E-state index contributed by atoms with van der Waals surface area (Å²) in [6.07, 6.45) is 0.604. The fraction of sp³-hybridized carbons (Fsp3) is 0.389. The SMILES string of the molecule is CCOC(=O)Cn1c(=O)[nH]c2c(c1=O)CN(Cc1ccccc1)CC2. The summed E-state index contributed by atoms with van der Waals surface area (Å²) in [4.78, 5) is 41.3. The molecular formula is C18H21N3O4. The Bertz CT molecular complexity index is 870. The molecule has 1 N–H and O–H groups in total. The molecule has 0 spiro atoms. The lowest BCUT2D eigenvalue weighted by Crippen LogP contribution is -2.44. The summed E-state index contributed by atoms with van der Waals surface area (Å²) in [5, 5.41) is 0. The number of nitrogens with one attached hydrogen (secondary N) is 1. The van der Waals surface area contributed by atoms with Crippen LogP contribution >= 0.6 is 0 Å². The molecule has 0 unspecified atom stereocenters. The molecule has 0 saturated carbocycles. The van der Waals surface area contributed by atoms with Crippen LogP contribution in [0.15, 0.2) is 39.9 Å². The molecule has 0 bridgehead atoms. The molecule has 132 valence electrons. The zero-order valence-corrected chi connectivity index (χ0v) is 14.2. The van der Waals surface area contributed by atoms with Crippen LogP contribution in [0.4, 0.5) is 0 Å². The van der Waals surface area contributed by atoms with Gasteiger partial charge in [0, 0.05) is 31.7 Å². The van der Waals surface area contributed by atoms with Gasteiger partial charge in [-0.05, 0) is 12.5 Å². The number of ether oxygens (including phenoxy) is 1. The van der Waals surface area contributed by atoms with Crippen LogP contribution in [0.5, 0.6) is 0 Å².